The molecular weight excluding hydrogens is 415 g/mol. The molecule has 1 unspecified atom stereocenters. The van der Waals surface area contributed by atoms with Crippen LogP contribution in [0, 0.1) is 6.92 Å². The van der Waals surface area contributed by atoms with Gasteiger partial charge >= 0.3 is 6.18 Å². The molecule has 0 radical (unpaired) electrons. The van der Waals surface area contributed by atoms with Crippen LogP contribution in [-0.4, -0.2) is 33.7 Å². The Balaban J connectivity index is 1.75. The van der Waals surface area contributed by atoms with Crippen LogP contribution in [0.4, 0.5) is 24.5 Å². The van der Waals surface area contributed by atoms with Crippen molar-refractivity contribution < 1.29 is 22.8 Å². The number of carbonyl (C=O) groups is 2. The highest BCUT2D eigenvalue weighted by Crippen LogP contribution is 2.34. The zero-order valence-corrected chi connectivity index (χ0v) is 17.2. The van der Waals surface area contributed by atoms with E-state index in [-0.39, 0.29) is 29.1 Å². The highest BCUT2D eigenvalue weighted by atomic mass is 32.2. The van der Waals surface area contributed by atoms with Crippen molar-refractivity contribution in [2.24, 2.45) is 4.99 Å². The largest absolute Gasteiger partial charge is 0.416 e. The number of anilines is 1. The number of aliphatic imine (C=N–C) groups is 1. The monoisotopic (exact) mass is 435 g/mol. The Morgan fingerprint density at radius 2 is 1.93 bits per heavy atom. The molecule has 1 heterocycles. The number of amides is 2. The molecule has 0 saturated carbocycles. The zero-order chi connectivity index (χ0) is 21.9. The first-order chi connectivity index (χ1) is 14.2. The Morgan fingerprint density at radius 3 is 2.60 bits per heavy atom. The number of thioether (sulfide) groups is 1. The lowest BCUT2D eigenvalue weighted by Gasteiger charge is -2.13. The summed E-state index contributed by atoms with van der Waals surface area (Å²) in [6, 6.07) is 11.9. The van der Waals surface area contributed by atoms with Crippen molar-refractivity contribution in [3.8, 4) is 0 Å². The Hall–Kier alpha value is -2.81. The third-order valence-electron chi connectivity index (χ3n) is 4.41. The summed E-state index contributed by atoms with van der Waals surface area (Å²) >= 11 is 1.09. The topological polar surface area (TPSA) is 61.8 Å². The van der Waals surface area contributed by atoms with Gasteiger partial charge in [0, 0.05) is 18.7 Å². The van der Waals surface area contributed by atoms with Gasteiger partial charge in [0.15, 0.2) is 5.17 Å². The zero-order valence-electron chi connectivity index (χ0n) is 16.4. The number of rotatable bonds is 5. The molecule has 5 nitrogen and oxygen atoms in total. The number of benzene rings is 2. The Labute approximate surface area is 176 Å². The fourth-order valence-electron chi connectivity index (χ4n) is 2.98. The van der Waals surface area contributed by atoms with Gasteiger partial charge in [0.1, 0.15) is 5.25 Å². The van der Waals surface area contributed by atoms with Crippen LogP contribution < -0.4 is 5.32 Å². The summed E-state index contributed by atoms with van der Waals surface area (Å²) in [6.45, 7) is 3.95. The number of carbonyl (C=O) groups excluding carboxylic acids is 2. The third-order valence-corrected chi connectivity index (χ3v) is 5.58. The van der Waals surface area contributed by atoms with E-state index < -0.39 is 17.0 Å². The molecule has 1 aliphatic heterocycles. The standard InChI is InChI=1S/C21H20F3N3O2S/c1-3-27-19(29)17(12-18(28)25-15-8-4-6-13(2)10-15)30-20(27)26-16-9-5-7-14(11-16)21(22,23)24/h4-11,17H,3,12H2,1-2H3,(H,25,28). The van der Waals surface area contributed by atoms with Crippen LogP contribution in [0.25, 0.3) is 0 Å². The van der Waals surface area contributed by atoms with Crippen molar-refractivity contribution in [2.45, 2.75) is 31.7 Å². The van der Waals surface area contributed by atoms with Gasteiger partial charge in [-0.1, -0.05) is 30.0 Å². The molecule has 0 aliphatic carbocycles. The lowest BCUT2D eigenvalue weighted by molar-refractivity contribution is -0.137. The number of aryl methyl sites for hydroxylation is 1. The summed E-state index contributed by atoms with van der Waals surface area (Å²) in [5.41, 5.74) is 0.923. The molecule has 0 bridgehead atoms. The SMILES string of the molecule is CCN1C(=O)C(CC(=O)Nc2cccc(C)c2)SC1=Nc1cccc(C(F)(F)F)c1. The Bertz CT molecular complexity index is 991. The van der Waals surface area contributed by atoms with Crippen molar-refractivity contribution >= 4 is 40.1 Å². The smallest absolute Gasteiger partial charge is 0.326 e. The van der Waals surface area contributed by atoms with Crippen molar-refractivity contribution in [1.29, 1.82) is 0 Å². The van der Waals surface area contributed by atoms with Gasteiger partial charge in [0.05, 0.1) is 11.3 Å². The van der Waals surface area contributed by atoms with Gasteiger partial charge in [0.25, 0.3) is 0 Å². The number of nitrogens with zero attached hydrogens (tertiary/aromatic N) is 2. The van der Waals surface area contributed by atoms with E-state index in [2.05, 4.69) is 10.3 Å². The van der Waals surface area contributed by atoms with Crippen molar-refractivity contribution in [3.05, 3.63) is 59.7 Å². The molecule has 158 valence electrons. The van der Waals surface area contributed by atoms with Crippen LogP contribution in [0.15, 0.2) is 53.5 Å². The van der Waals surface area contributed by atoms with Crippen molar-refractivity contribution in [2.75, 3.05) is 11.9 Å². The minimum absolute atomic E-state index is 0.0600. The fraction of sp³-hybridized carbons (Fsp3) is 0.286. The molecule has 1 N–H and O–H groups in total. The predicted molar refractivity (Wildman–Crippen MR) is 112 cm³/mol. The maximum Gasteiger partial charge on any atom is 0.416 e. The average Bonchev–Trinajstić information content (AvgIpc) is 2.95. The number of halogens is 3. The summed E-state index contributed by atoms with van der Waals surface area (Å²) in [4.78, 5) is 30.7. The van der Waals surface area contributed by atoms with E-state index in [1.54, 1.807) is 13.0 Å². The molecule has 0 aromatic heterocycles. The number of hydrogen-bond donors (Lipinski definition) is 1. The Kier molecular flexibility index (Phi) is 6.50. The first-order valence-electron chi connectivity index (χ1n) is 9.28. The molecule has 9 heteroatoms. The second-order valence-electron chi connectivity index (χ2n) is 6.75. The van der Waals surface area contributed by atoms with E-state index >= 15 is 0 Å². The van der Waals surface area contributed by atoms with Crippen LogP contribution in [0.2, 0.25) is 0 Å². The van der Waals surface area contributed by atoms with E-state index in [4.69, 9.17) is 0 Å². The van der Waals surface area contributed by atoms with Crippen LogP contribution >= 0.6 is 11.8 Å². The van der Waals surface area contributed by atoms with Gasteiger partial charge in [-0.25, -0.2) is 4.99 Å². The summed E-state index contributed by atoms with van der Waals surface area (Å²) in [6.07, 6.45) is -4.54. The second kappa shape index (κ2) is 8.91. The summed E-state index contributed by atoms with van der Waals surface area (Å²) < 4.78 is 38.8. The number of amidine groups is 1. The number of alkyl halides is 3. The maximum absolute atomic E-state index is 12.9. The van der Waals surface area contributed by atoms with E-state index in [0.717, 1.165) is 29.5 Å². The normalized spacial score (nSPS) is 18.2. The third kappa shape index (κ3) is 5.21. The van der Waals surface area contributed by atoms with Gasteiger partial charge in [-0.3, -0.25) is 14.5 Å². The van der Waals surface area contributed by atoms with Crippen LogP contribution in [0.5, 0.6) is 0 Å². The molecule has 2 amide bonds. The molecule has 1 saturated heterocycles. The van der Waals surface area contributed by atoms with Gasteiger partial charge in [-0.15, -0.1) is 0 Å². The lowest BCUT2D eigenvalue weighted by atomic mass is 10.2. The fourth-order valence-corrected chi connectivity index (χ4v) is 4.20. The average molecular weight is 435 g/mol. The number of hydrogen-bond acceptors (Lipinski definition) is 4. The van der Waals surface area contributed by atoms with Crippen LogP contribution in [0.3, 0.4) is 0 Å². The van der Waals surface area contributed by atoms with E-state index in [1.165, 1.54) is 17.0 Å². The summed E-state index contributed by atoms with van der Waals surface area (Å²) in [5, 5.41) is 2.37. The highest BCUT2D eigenvalue weighted by molar-refractivity contribution is 8.15. The Morgan fingerprint density at radius 1 is 1.20 bits per heavy atom. The summed E-state index contributed by atoms with van der Waals surface area (Å²) in [5.74, 6) is -0.601. The van der Waals surface area contributed by atoms with Gasteiger partial charge < -0.3 is 5.32 Å². The molecule has 30 heavy (non-hydrogen) atoms. The maximum atomic E-state index is 12.9. The lowest BCUT2D eigenvalue weighted by Crippen LogP contribution is -2.33. The second-order valence-corrected chi connectivity index (χ2v) is 7.92. The summed E-state index contributed by atoms with van der Waals surface area (Å²) in [7, 11) is 0. The van der Waals surface area contributed by atoms with Crippen LogP contribution in [0.1, 0.15) is 24.5 Å². The highest BCUT2D eigenvalue weighted by Gasteiger charge is 2.38. The minimum Gasteiger partial charge on any atom is -0.326 e. The molecule has 1 aliphatic rings. The number of nitrogens with one attached hydrogen (secondary N) is 1. The molecule has 2 aromatic rings. The van der Waals surface area contributed by atoms with E-state index in [9.17, 15) is 22.8 Å². The predicted octanol–water partition coefficient (Wildman–Crippen LogP) is 4.99. The van der Waals surface area contributed by atoms with E-state index in [0.29, 0.717) is 12.2 Å². The molecule has 0 spiro atoms. The first kappa shape index (κ1) is 21.9. The van der Waals surface area contributed by atoms with Crippen molar-refractivity contribution in [3.63, 3.8) is 0 Å². The molecule has 1 fully saturated rings. The quantitative estimate of drug-likeness (QED) is 0.720. The molecule has 1 atom stereocenters. The molecule has 2 aromatic carbocycles. The van der Waals surface area contributed by atoms with Gasteiger partial charge in [-0.2, -0.15) is 13.2 Å². The van der Waals surface area contributed by atoms with Crippen LogP contribution in [-0.2, 0) is 15.8 Å². The van der Waals surface area contributed by atoms with Gasteiger partial charge in [0.2, 0.25) is 11.8 Å². The van der Waals surface area contributed by atoms with Crippen molar-refractivity contribution in [1.82, 2.24) is 4.90 Å². The first-order valence-corrected chi connectivity index (χ1v) is 10.2. The minimum atomic E-state index is -4.48. The van der Waals surface area contributed by atoms with E-state index in [1.807, 2.05) is 25.1 Å². The molecule has 3 rings (SSSR count). The van der Waals surface area contributed by atoms with Gasteiger partial charge in [-0.05, 0) is 49.7 Å². The molecular formula is C21H20F3N3O2S.